The van der Waals surface area contributed by atoms with Gasteiger partial charge in [0.15, 0.2) is 0 Å². The third-order valence-corrected chi connectivity index (χ3v) is 2.56. The third kappa shape index (κ3) is 3.42. The number of amides is 1. The largest absolute Gasteiger partial charge is 0.507 e. The number of nitrogens with one attached hydrogen (secondary N) is 1. The van der Waals surface area contributed by atoms with Crippen molar-refractivity contribution >= 4 is 5.91 Å². The van der Waals surface area contributed by atoms with Crippen molar-refractivity contribution < 1.29 is 14.3 Å². The Balaban J connectivity index is 2.82. The number of hydrogen-bond acceptors (Lipinski definition) is 3. The summed E-state index contributed by atoms with van der Waals surface area (Å²) in [7, 11) is 0. The molecule has 0 heterocycles. The Morgan fingerprint density at radius 1 is 1.59 bits per heavy atom. The monoisotopic (exact) mass is 240 g/mol. The van der Waals surface area contributed by atoms with Gasteiger partial charge in [0.2, 0.25) is 0 Å². The number of halogens is 1. The van der Waals surface area contributed by atoms with Gasteiger partial charge < -0.3 is 16.2 Å². The molecule has 0 aliphatic rings. The van der Waals surface area contributed by atoms with Gasteiger partial charge in [-0.05, 0) is 31.5 Å². The molecule has 1 aromatic carbocycles. The summed E-state index contributed by atoms with van der Waals surface area (Å²) >= 11 is 0. The molecule has 0 saturated heterocycles. The molecule has 1 atom stereocenters. The van der Waals surface area contributed by atoms with E-state index in [9.17, 15) is 14.3 Å². The summed E-state index contributed by atoms with van der Waals surface area (Å²) < 4.78 is 13.4. The Kier molecular flexibility index (Phi) is 4.90. The van der Waals surface area contributed by atoms with Gasteiger partial charge in [0.05, 0.1) is 0 Å². The van der Waals surface area contributed by atoms with E-state index >= 15 is 0 Å². The normalized spacial score (nSPS) is 12.2. The van der Waals surface area contributed by atoms with E-state index < -0.39 is 11.7 Å². The highest BCUT2D eigenvalue weighted by atomic mass is 19.1. The summed E-state index contributed by atoms with van der Waals surface area (Å²) in [5.41, 5.74) is 5.09. The third-order valence-electron chi connectivity index (χ3n) is 2.56. The van der Waals surface area contributed by atoms with Crippen LogP contribution in [0.2, 0.25) is 0 Å². The lowest BCUT2D eigenvalue weighted by Crippen LogP contribution is -2.36. The number of aromatic hydroxyl groups is 1. The maximum absolute atomic E-state index is 13.4. The zero-order chi connectivity index (χ0) is 12.8. The molecule has 0 saturated carbocycles. The number of carbonyl (C=O) groups excluding carboxylic acids is 1. The van der Waals surface area contributed by atoms with E-state index in [0.29, 0.717) is 19.4 Å². The van der Waals surface area contributed by atoms with Crippen LogP contribution in [0.15, 0.2) is 18.2 Å². The maximum Gasteiger partial charge on any atom is 0.258 e. The average Bonchev–Trinajstić information content (AvgIpc) is 2.28. The molecule has 4 N–H and O–H groups in total. The van der Waals surface area contributed by atoms with E-state index in [4.69, 9.17) is 5.73 Å². The van der Waals surface area contributed by atoms with E-state index in [1.54, 1.807) is 0 Å². The topological polar surface area (TPSA) is 75.3 Å². The fourth-order valence-electron chi connectivity index (χ4n) is 1.57. The fraction of sp³-hybridized carbons (Fsp3) is 0.417. The number of phenolic OH excluding ortho intramolecular Hbond substituents is 1. The van der Waals surface area contributed by atoms with Crippen LogP contribution in [0.1, 0.15) is 30.1 Å². The lowest BCUT2D eigenvalue weighted by atomic mass is 10.1. The molecule has 0 aliphatic heterocycles. The summed E-state index contributed by atoms with van der Waals surface area (Å²) in [6.07, 6.45) is 1.33. The van der Waals surface area contributed by atoms with Crippen LogP contribution in [0, 0.1) is 5.82 Å². The minimum Gasteiger partial charge on any atom is -0.507 e. The standard InChI is InChI=1S/C12H17FN2O2/c1-2-8(6-7-14)15-12(17)11-9(13)4-3-5-10(11)16/h3-5,8,16H,2,6-7,14H2,1H3,(H,15,17). The summed E-state index contributed by atoms with van der Waals surface area (Å²) in [5, 5.41) is 12.1. The van der Waals surface area contributed by atoms with Crippen molar-refractivity contribution in [3.05, 3.63) is 29.6 Å². The zero-order valence-electron chi connectivity index (χ0n) is 9.74. The van der Waals surface area contributed by atoms with Crippen molar-refractivity contribution in [3.63, 3.8) is 0 Å². The number of hydrogen-bond donors (Lipinski definition) is 3. The summed E-state index contributed by atoms with van der Waals surface area (Å²) in [4.78, 5) is 11.8. The highest BCUT2D eigenvalue weighted by molar-refractivity contribution is 5.97. The fourth-order valence-corrected chi connectivity index (χ4v) is 1.57. The first-order chi connectivity index (χ1) is 8.10. The molecule has 17 heavy (non-hydrogen) atoms. The summed E-state index contributed by atoms with van der Waals surface area (Å²) in [6.45, 7) is 2.35. The molecule has 94 valence electrons. The van der Waals surface area contributed by atoms with E-state index in [2.05, 4.69) is 5.32 Å². The second-order valence-electron chi connectivity index (χ2n) is 3.79. The van der Waals surface area contributed by atoms with Crippen LogP contribution in [0.25, 0.3) is 0 Å². The number of benzene rings is 1. The van der Waals surface area contributed by atoms with E-state index in [1.165, 1.54) is 12.1 Å². The zero-order valence-corrected chi connectivity index (χ0v) is 9.74. The van der Waals surface area contributed by atoms with E-state index in [0.717, 1.165) is 6.07 Å². The Hall–Kier alpha value is -1.62. The Morgan fingerprint density at radius 3 is 2.82 bits per heavy atom. The van der Waals surface area contributed by atoms with Crippen LogP contribution in [0.3, 0.4) is 0 Å². The minimum absolute atomic E-state index is 0.105. The predicted molar refractivity (Wildman–Crippen MR) is 63.3 cm³/mol. The SMILES string of the molecule is CCC(CCN)NC(=O)c1c(O)cccc1F. The first kappa shape index (κ1) is 13.4. The van der Waals surface area contributed by atoms with Crippen molar-refractivity contribution in [2.24, 2.45) is 5.73 Å². The molecule has 4 nitrogen and oxygen atoms in total. The first-order valence-corrected chi connectivity index (χ1v) is 5.58. The number of carbonyl (C=O) groups is 1. The Labute approximate surface area is 99.6 Å². The van der Waals surface area contributed by atoms with Gasteiger partial charge in [0.1, 0.15) is 17.1 Å². The molecule has 0 aliphatic carbocycles. The van der Waals surface area contributed by atoms with Crippen LogP contribution >= 0.6 is 0 Å². The van der Waals surface area contributed by atoms with Gasteiger partial charge in [-0.3, -0.25) is 4.79 Å². The van der Waals surface area contributed by atoms with Crippen LogP contribution in [0.5, 0.6) is 5.75 Å². The molecule has 0 bridgehead atoms. The minimum atomic E-state index is -0.731. The van der Waals surface area contributed by atoms with Crippen molar-refractivity contribution in [3.8, 4) is 5.75 Å². The molecule has 0 spiro atoms. The summed E-state index contributed by atoms with van der Waals surface area (Å²) in [6, 6.07) is 3.66. The molecule has 1 rings (SSSR count). The molecule has 1 amide bonds. The number of rotatable bonds is 5. The Bertz CT molecular complexity index is 376. The number of nitrogens with two attached hydrogens (primary N) is 1. The van der Waals surface area contributed by atoms with Gasteiger partial charge in [-0.25, -0.2) is 4.39 Å². The van der Waals surface area contributed by atoms with Gasteiger partial charge in [0, 0.05) is 6.04 Å². The smallest absolute Gasteiger partial charge is 0.258 e. The molecule has 0 radical (unpaired) electrons. The molecule has 5 heteroatoms. The van der Waals surface area contributed by atoms with Crippen molar-refractivity contribution in [1.29, 1.82) is 0 Å². The van der Waals surface area contributed by atoms with Gasteiger partial charge >= 0.3 is 0 Å². The second kappa shape index (κ2) is 6.20. The molecule has 1 unspecified atom stereocenters. The van der Waals surface area contributed by atoms with Crippen LogP contribution in [0.4, 0.5) is 4.39 Å². The Morgan fingerprint density at radius 2 is 2.29 bits per heavy atom. The molecule has 1 aromatic rings. The quantitative estimate of drug-likeness (QED) is 0.728. The van der Waals surface area contributed by atoms with E-state index in [1.807, 2.05) is 6.92 Å². The molecular weight excluding hydrogens is 223 g/mol. The maximum atomic E-state index is 13.4. The molecule has 0 aromatic heterocycles. The average molecular weight is 240 g/mol. The lowest BCUT2D eigenvalue weighted by Gasteiger charge is -2.16. The van der Waals surface area contributed by atoms with Crippen molar-refractivity contribution in [1.82, 2.24) is 5.32 Å². The molecular formula is C12H17FN2O2. The van der Waals surface area contributed by atoms with Crippen molar-refractivity contribution in [2.75, 3.05) is 6.54 Å². The van der Waals surface area contributed by atoms with E-state index in [-0.39, 0.29) is 17.4 Å². The van der Waals surface area contributed by atoms with Gasteiger partial charge in [-0.2, -0.15) is 0 Å². The van der Waals surface area contributed by atoms with Crippen LogP contribution in [-0.2, 0) is 0 Å². The van der Waals surface area contributed by atoms with Gasteiger partial charge in [-0.1, -0.05) is 13.0 Å². The van der Waals surface area contributed by atoms with Crippen LogP contribution < -0.4 is 11.1 Å². The van der Waals surface area contributed by atoms with Gasteiger partial charge in [-0.15, -0.1) is 0 Å². The predicted octanol–water partition coefficient (Wildman–Crippen LogP) is 1.39. The second-order valence-corrected chi connectivity index (χ2v) is 3.79. The highest BCUT2D eigenvalue weighted by Gasteiger charge is 2.18. The van der Waals surface area contributed by atoms with Gasteiger partial charge in [0.25, 0.3) is 5.91 Å². The van der Waals surface area contributed by atoms with Crippen LogP contribution in [-0.4, -0.2) is 23.6 Å². The highest BCUT2D eigenvalue weighted by Crippen LogP contribution is 2.19. The number of phenols is 1. The lowest BCUT2D eigenvalue weighted by molar-refractivity contribution is 0.0927. The molecule has 0 fully saturated rings. The van der Waals surface area contributed by atoms with Crippen molar-refractivity contribution in [2.45, 2.75) is 25.8 Å². The first-order valence-electron chi connectivity index (χ1n) is 5.58. The summed E-state index contributed by atoms with van der Waals surface area (Å²) in [5.74, 6) is -1.70.